The summed E-state index contributed by atoms with van der Waals surface area (Å²) in [7, 11) is 1.64. The quantitative estimate of drug-likeness (QED) is 0.363. The molecule has 0 fully saturated rings. The average Bonchev–Trinajstić information content (AvgIpc) is 2.61. The van der Waals surface area contributed by atoms with Crippen LogP contribution in [0.25, 0.3) is 0 Å². The van der Waals surface area contributed by atoms with E-state index in [1.807, 2.05) is 0 Å². The van der Waals surface area contributed by atoms with Gasteiger partial charge >= 0.3 is 5.97 Å². The number of thioether (sulfide) groups is 1. The Morgan fingerprint density at radius 2 is 2.08 bits per heavy atom. The first kappa shape index (κ1) is 21.8. The number of pyridine rings is 1. The third-order valence-electron chi connectivity index (χ3n) is 4.27. The molecule has 0 saturated carbocycles. The lowest BCUT2D eigenvalue weighted by Gasteiger charge is -2.14. The predicted octanol–water partition coefficient (Wildman–Crippen LogP) is 5.46. The fourth-order valence-corrected chi connectivity index (χ4v) is 3.39. The fraction of sp³-hybridized carbons (Fsp3) is 0.700. The van der Waals surface area contributed by atoms with Crippen molar-refractivity contribution in [2.45, 2.75) is 70.6 Å². The Balaban J connectivity index is 2.39. The van der Waals surface area contributed by atoms with Gasteiger partial charge in [-0.25, -0.2) is 4.98 Å². The Bertz CT molecular complexity index is 520. The molecule has 1 atom stereocenters. The molecule has 0 spiro atoms. The van der Waals surface area contributed by atoms with Crippen LogP contribution < -0.4 is 4.74 Å². The van der Waals surface area contributed by atoms with Gasteiger partial charge in [-0.3, -0.25) is 4.79 Å². The molecule has 1 aromatic rings. The van der Waals surface area contributed by atoms with Gasteiger partial charge in [-0.1, -0.05) is 47.0 Å². The zero-order chi connectivity index (χ0) is 18.7. The lowest BCUT2D eigenvalue weighted by Crippen LogP contribution is -2.14. The summed E-state index contributed by atoms with van der Waals surface area (Å²) in [6, 6.07) is 2.10. The maximum atomic E-state index is 11.9. The number of ether oxygens (including phenoxy) is 2. The maximum Gasteiger partial charge on any atom is 0.306 e. The number of carbonyl (C=O) groups excluding carboxylic acids is 1. The van der Waals surface area contributed by atoms with Crippen molar-refractivity contribution in [2.24, 2.45) is 5.92 Å². The van der Waals surface area contributed by atoms with E-state index in [9.17, 15) is 4.79 Å². The molecule has 1 heterocycles. The summed E-state index contributed by atoms with van der Waals surface area (Å²) >= 11 is 1.63. The summed E-state index contributed by atoms with van der Waals surface area (Å²) in [4.78, 5) is 17.3. The van der Waals surface area contributed by atoms with Crippen LogP contribution in [-0.2, 0) is 9.53 Å². The third-order valence-corrected chi connectivity index (χ3v) is 5.23. The van der Waals surface area contributed by atoms with Crippen LogP contribution in [0.4, 0.5) is 0 Å². The number of hydrogen-bond acceptors (Lipinski definition) is 5. The lowest BCUT2D eigenvalue weighted by atomic mass is 10.0. The van der Waals surface area contributed by atoms with E-state index in [1.54, 1.807) is 25.1 Å². The van der Waals surface area contributed by atoms with Crippen LogP contribution in [-0.4, -0.2) is 30.4 Å². The molecule has 0 amide bonds. The van der Waals surface area contributed by atoms with Crippen molar-refractivity contribution in [1.29, 1.82) is 0 Å². The highest BCUT2D eigenvalue weighted by atomic mass is 32.2. The molecule has 1 unspecified atom stereocenters. The Morgan fingerprint density at radius 3 is 2.68 bits per heavy atom. The van der Waals surface area contributed by atoms with Crippen molar-refractivity contribution in [3.05, 3.63) is 17.8 Å². The van der Waals surface area contributed by atoms with Gasteiger partial charge in [0.15, 0.2) is 0 Å². The van der Waals surface area contributed by atoms with Crippen LogP contribution in [0.2, 0.25) is 0 Å². The molecular formula is C20H33NO3S. The van der Waals surface area contributed by atoms with Crippen molar-refractivity contribution in [2.75, 3.05) is 19.5 Å². The summed E-state index contributed by atoms with van der Waals surface area (Å²) in [5.74, 6) is 2.12. The second-order valence-electron chi connectivity index (χ2n) is 6.62. The van der Waals surface area contributed by atoms with E-state index in [1.165, 1.54) is 12.8 Å². The van der Waals surface area contributed by atoms with Gasteiger partial charge in [-0.2, -0.15) is 0 Å². The smallest absolute Gasteiger partial charge is 0.306 e. The molecule has 0 N–H and O–H groups in total. The first-order chi connectivity index (χ1) is 12.0. The first-order valence-corrected chi connectivity index (χ1v) is 10.3. The van der Waals surface area contributed by atoms with Crippen molar-refractivity contribution < 1.29 is 14.3 Å². The van der Waals surface area contributed by atoms with Gasteiger partial charge in [0.05, 0.1) is 20.1 Å². The second-order valence-corrected chi connectivity index (χ2v) is 7.79. The number of esters is 1. The zero-order valence-corrected chi connectivity index (χ0v) is 17.2. The van der Waals surface area contributed by atoms with E-state index in [0.29, 0.717) is 36.5 Å². The summed E-state index contributed by atoms with van der Waals surface area (Å²) in [6.07, 6.45) is 6.84. The molecule has 25 heavy (non-hydrogen) atoms. The summed E-state index contributed by atoms with van der Waals surface area (Å²) in [6.45, 7) is 9.14. The lowest BCUT2D eigenvalue weighted by molar-refractivity contribution is -0.144. The molecule has 0 radical (unpaired) electrons. The highest BCUT2D eigenvalue weighted by molar-refractivity contribution is 7.99. The van der Waals surface area contributed by atoms with Crippen LogP contribution in [0.3, 0.4) is 0 Å². The number of unbranched alkanes of at least 4 members (excludes halogenated alkanes) is 1. The number of rotatable bonds is 12. The number of aromatic nitrogens is 1. The first-order valence-electron chi connectivity index (χ1n) is 9.34. The SMILES string of the molecule is CCCCC(CC)COC(=O)CCSc1cnc(OC)c(C(C)C)c1. The van der Waals surface area contributed by atoms with Gasteiger partial charge in [-0.15, -0.1) is 11.8 Å². The van der Waals surface area contributed by atoms with Gasteiger partial charge in [0, 0.05) is 22.4 Å². The number of hydrogen-bond donors (Lipinski definition) is 0. The number of carbonyl (C=O) groups is 1. The molecular weight excluding hydrogens is 334 g/mol. The van der Waals surface area contributed by atoms with E-state index in [2.05, 4.69) is 38.7 Å². The molecule has 1 rings (SSSR count). The summed E-state index contributed by atoms with van der Waals surface area (Å²) in [5.41, 5.74) is 1.09. The van der Waals surface area contributed by atoms with Crippen LogP contribution >= 0.6 is 11.8 Å². The molecule has 0 aliphatic rings. The van der Waals surface area contributed by atoms with Gasteiger partial charge in [0.1, 0.15) is 0 Å². The normalized spacial score (nSPS) is 12.2. The molecule has 1 aromatic heterocycles. The molecule has 0 bridgehead atoms. The van der Waals surface area contributed by atoms with Crippen LogP contribution in [0.5, 0.6) is 5.88 Å². The minimum Gasteiger partial charge on any atom is -0.481 e. The van der Waals surface area contributed by atoms with E-state index >= 15 is 0 Å². The highest BCUT2D eigenvalue weighted by Gasteiger charge is 2.12. The molecule has 4 nitrogen and oxygen atoms in total. The van der Waals surface area contributed by atoms with Crippen molar-refractivity contribution in [1.82, 2.24) is 4.98 Å². The average molecular weight is 368 g/mol. The zero-order valence-electron chi connectivity index (χ0n) is 16.3. The summed E-state index contributed by atoms with van der Waals surface area (Å²) < 4.78 is 10.7. The largest absolute Gasteiger partial charge is 0.481 e. The van der Waals surface area contributed by atoms with Crippen molar-refractivity contribution in [3.63, 3.8) is 0 Å². The monoisotopic (exact) mass is 367 g/mol. The molecule has 5 heteroatoms. The number of methoxy groups -OCH3 is 1. The Kier molecular flexibility index (Phi) is 10.6. The summed E-state index contributed by atoms with van der Waals surface area (Å²) in [5, 5.41) is 0. The molecule has 142 valence electrons. The van der Waals surface area contributed by atoms with Crippen LogP contribution in [0.1, 0.15) is 71.3 Å². The predicted molar refractivity (Wildman–Crippen MR) is 104 cm³/mol. The van der Waals surface area contributed by atoms with Crippen LogP contribution in [0.15, 0.2) is 17.2 Å². The van der Waals surface area contributed by atoms with Gasteiger partial charge < -0.3 is 9.47 Å². The number of nitrogens with zero attached hydrogens (tertiary/aromatic N) is 1. The minimum atomic E-state index is -0.104. The molecule has 0 aromatic carbocycles. The van der Waals surface area contributed by atoms with E-state index in [-0.39, 0.29) is 5.97 Å². The molecule has 0 aliphatic heterocycles. The van der Waals surface area contributed by atoms with E-state index < -0.39 is 0 Å². The van der Waals surface area contributed by atoms with Crippen molar-refractivity contribution in [3.8, 4) is 5.88 Å². The van der Waals surface area contributed by atoms with E-state index in [0.717, 1.165) is 23.3 Å². The molecule has 0 aliphatic carbocycles. The Labute approximate surface area is 157 Å². The standard InChI is InChI=1S/C20H33NO3S/c1-6-8-9-16(7-2)14-24-19(22)10-11-25-17-12-18(15(3)4)20(23-5)21-13-17/h12-13,15-16H,6-11,14H2,1-5H3. The molecule has 0 saturated heterocycles. The third kappa shape index (κ3) is 8.13. The fourth-order valence-electron chi connectivity index (χ4n) is 2.55. The van der Waals surface area contributed by atoms with E-state index in [4.69, 9.17) is 9.47 Å². The Morgan fingerprint density at radius 1 is 1.32 bits per heavy atom. The van der Waals surface area contributed by atoms with Crippen LogP contribution in [0, 0.1) is 5.92 Å². The second kappa shape index (κ2) is 12.2. The van der Waals surface area contributed by atoms with Crippen molar-refractivity contribution >= 4 is 17.7 Å². The maximum absolute atomic E-state index is 11.9. The minimum absolute atomic E-state index is 0.104. The topological polar surface area (TPSA) is 48.4 Å². The van der Waals surface area contributed by atoms with Gasteiger partial charge in [-0.05, 0) is 24.3 Å². The van der Waals surface area contributed by atoms with Gasteiger partial charge in [0.25, 0.3) is 0 Å². The van der Waals surface area contributed by atoms with Gasteiger partial charge in [0.2, 0.25) is 5.88 Å². The Hall–Kier alpha value is -1.23. The highest BCUT2D eigenvalue weighted by Crippen LogP contribution is 2.29.